The fraction of sp³-hybridized carbons (Fsp3) is 0.111. The SMILES string of the molecule is Cc1c(Cl)cccc1-c1n[nH]c(S(=O)(=O)Cl)n1. The summed E-state index contributed by atoms with van der Waals surface area (Å²) in [5, 5.41) is 6.24. The van der Waals surface area contributed by atoms with Crippen LogP contribution in [-0.2, 0) is 9.05 Å². The highest BCUT2D eigenvalue weighted by Gasteiger charge is 2.17. The number of nitrogens with zero attached hydrogens (tertiary/aromatic N) is 2. The first-order valence-corrected chi connectivity index (χ1v) is 7.21. The van der Waals surface area contributed by atoms with Gasteiger partial charge in [-0.2, -0.15) is 10.1 Å². The van der Waals surface area contributed by atoms with Crippen LogP contribution < -0.4 is 0 Å². The van der Waals surface area contributed by atoms with Gasteiger partial charge >= 0.3 is 0 Å². The van der Waals surface area contributed by atoms with E-state index in [2.05, 4.69) is 15.2 Å². The van der Waals surface area contributed by atoms with Gasteiger partial charge in [0, 0.05) is 21.3 Å². The van der Waals surface area contributed by atoms with Gasteiger partial charge in [0.2, 0.25) is 0 Å². The molecular formula is C9H7Cl2N3O2S. The van der Waals surface area contributed by atoms with Crippen molar-refractivity contribution >= 4 is 31.3 Å². The molecule has 90 valence electrons. The Hall–Kier alpha value is -1.11. The van der Waals surface area contributed by atoms with Crippen molar-refractivity contribution in [3.63, 3.8) is 0 Å². The van der Waals surface area contributed by atoms with Crippen molar-refractivity contribution in [2.24, 2.45) is 0 Å². The lowest BCUT2D eigenvalue weighted by molar-refractivity contribution is 0.602. The van der Waals surface area contributed by atoms with E-state index in [9.17, 15) is 8.42 Å². The Morgan fingerprint density at radius 3 is 2.65 bits per heavy atom. The maximum Gasteiger partial charge on any atom is 0.296 e. The van der Waals surface area contributed by atoms with Gasteiger partial charge in [0.25, 0.3) is 14.2 Å². The molecule has 0 saturated carbocycles. The van der Waals surface area contributed by atoms with Gasteiger partial charge in [-0.25, -0.2) is 13.5 Å². The van der Waals surface area contributed by atoms with Crippen LogP contribution in [0.5, 0.6) is 0 Å². The first-order chi connectivity index (χ1) is 7.89. The molecular weight excluding hydrogens is 285 g/mol. The molecule has 5 nitrogen and oxygen atoms in total. The van der Waals surface area contributed by atoms with E-state index >= 15 is 0 Å². The Balaban J connectivity index is 2.55. The van der Waals surface area contributed by atoms with Crippen molar-refractivity contribution in [3.8, 4) is 11.4 Å². The van der Waals surface area contributed by atoms with Gasteiger partial charge < -0.3 is 0 Å². The molecule has 1 N–H and O–H groups in total. The molecule has 0 amide bonds. The number of hydrogen-bond acceptors (Lipinski definition) is 4. The molecule has 0 aliphatic heterocycles. The topological polar surface area (TPSA) is 75.7 Å². The van der Waals surface area contributed by atoms with Crippen LogP contribution in [0.15, 0.2) is 23.4 Å². The molecule has 0 aliphatic rings. The normalized spacial score (nSPS) is 11.7. The van der Waals surface area contributed by atoms with Crippen LogP contribution >= 0.6 is 22.3 Å². The minimum Gasteiger partial charge on any atom is -0.248 e. The third-order valence-corrected chi connectivity index (χ3v) is 3.70. The fourth-order valence-electron chi connectivity index (χ4n) is 1.33. The predicted molar refractivity (Wildman–Crippen MR) is 64.6 cm³/mol. The minimum absolute atomic E-state index is 0.240. The van der Waals surface area contributed by atoms with Crippen LogP contribution in [0.25, 0.3) is 11.4 Å². The highest BCUT2D eigenvalue weighted by atomic mass is 35.7. The molecule has 1 aromatic heterocycles. The molecule has 0 fully saturated rings. The number of nitrogens with one attached hydrogen (secondary N) is 1. The van der Waals surface area contributed by atoms with Crippen molar-refractivity contribution < 1.29 is 8.42 Å². The summed E-state index contributed by atoms with van der Waals surface area (Å²) in [5.74, 6) is 0.240. The average molecular weight is 292 g/mol. The summed E-state index contributed by atoms with van der Waals surface area (Å²) in [6.07, 6.45) is 0. The molecule has 8 heteroatoms. The monoisotopic (exact) mass is 291 g/mol. The van der Waals surface area contributed by atoms with Crippen LogP contribution in [0.4, 0.5) is 0 Å². The van der Waals surface area contributed by atoms with Crippen molar-refractivity contribution in [2.75, 3.05) is 0 Å². The third kappa shape index (κ3) is 2.43. The molecule has 0 spiro atoms. The summed E-state index contributed by atoms with van der Waals surface area (Å²) < 4.78 is 22.1. The van der Waals surface area contributed by atoms with E-state index in [1.54, 1.807) is 25.1 Å². The maximum atomic E-state index is 11.0. The summed E-state index contributed by atoms with van der Waals surface area (Å²) in [5.41, 5.74) is 1.42. The molecule has 0 unspecified atom stereocenters. The van der Waals surface area contributed by atoms with Gasteiger partial charge in [0.15, 0.2) is 5.82 Å². The molecule has 1 aromatic carbocycles. The van der Waals surface area contributed by atoms with Crippen LogP contribution in [-0.4, -0.2) is 23.6 Å². The fourth-order valence-corrected chi connectivity index (χ4v) is 2.06. The Bertz CT molecular complexity index is 667. The smallest absolute Gasteiger partial charge is 0.248 e. The quantitative estimate of drug-likeness (QED) is 0.862. The van der Waals surface area contributed by atoms with Gasteiger partial charge in [-0.3, -0.25) is 0 Å². The van der Waals surface area contributed by atoms with Crippen molar-refractivity contribution in [3.05, 3.63) is 28.8 Å². The summed E-state index contributed by atoms with van der Waals surface area (Å²) in [7, 11) is 1.24. The lowest BCUT2D eigenvalue weighted by Gasteiger charge is -2.02. The molecule has 0 bridgehead atoms. The number of halogens is 2. The van der Waals surface area contributed by atoms with E-state index in [0.717, 1.165) is 5.56 Å². The van der Waals surface area contributed by atoms with Crippen LogP contribution in [0.2, 0.25) is 5.02 Å². The van der Waals surface area contributed by atoms with E-state index < -0.39 is 9.05 Å². The van der Waals surface area contributed by atoms with Crippen LogP contribution in [0.1, 0.15) is 5.56 Å². The van der Waals surface area contributed by atoms with Crippen molar-refractivity contribution in [1.82, 2.24) is 15.2 Å². The van der Waals surface area contributed by atoms with E-state index in [1.807, 2.05) is 0 Å². The highest BCUT2D eigenvalue weighted by molar-refractivity contribution is 8.13. The maximum absolute atomic E-state index is 11.0. The van der Waals surface area contributed by atoms with E-state index in [0.29, 0.717) is 10.6 Å². The third-order valence-electron chi connectivity index (χ3n) is 2.20. The Morgan fingerprint density at radius 1 is 1.35 bits per heavy atom. The number of rotatable bonds is 2. The molecule has 0 atom stereocenters. The Labute approximate surface area is 107 Å². The second-order valence-corrected chi connectivity index (χ2v) is 6.20. The summed E-state index contributed by atoms with van der Waals surface area (Å²) in [6, 6.07) is 5.21. The van der Waals surface area contributed by atoms with Gasteiger partial charge in [0.05, 0.1) is 0 Å². The van der Waals surface area contributed by atoms with Crippen molar-refractivity contribution in [2.45, 2.75) is 12.1 Å². The van der Waals surface area contributed by atoms with Crippen molar-refractivity contribution in [1.29, 1.82) is 0 Å². The van der Waals surface area contributed by atoms with Gasteiger partial charge in [-0.1, -0.05) is 23.7 Å². The number of aromatic nitrogens is 3. The lowest BCUT2D eigenvalue weighted by Crippen LogP contribution is -1.93. The first-order valence-electron chi connectivity index (χ1n) is 4.52. The zero-order valence-electron chi connectivity index (χ0n) is 8.61. The molecule has 1 heterocycles. The average Bonchev–Trinajstić information content (AvgIpc) is 2.70. The lowest BCUT2D eigenvalue weighted by atomic mass is 10.1. The zero-order chi connectivity index (χ0) is 12.6. The number of hydrogen-bond donors (Lipinski definition) is 1. The highest BCUT2D eigenvalue weighted by Crippen LogP contribution is 2.26. The number of H-pyrrole nitrogens is 1. The van der Waals surface area contributed by atoms with E-state index in [-0.39, 0.29) is 11.0 Å². The molecule has 0 aliphatic carbocycles. The van der Waals surface area contributed by atoms with Crippen LogP contribution in [0, 0.1) is 6.92 Å². The summed E-state index contributed by atoms with van der Waals surface area (Å²) >= 11 is 5.95. The number of benzene rings is 1. The zero-order valence-corrected chi connectivity index (χ0v) is 10.9. The predicted octanol–water partition coefficient (Wildman–Crippen LogP) is 2.36. The Morgan fingerprint density at radius 2 is 2.06 bits per heavy atom. The molecule has 2 aromatic rings. The van der Waals surface area contributed by atoms with E-state index in [1.165, 1.54) is 0 Å². The largest absolute Gasteiger partial charge is 0.296 e. The molecule has 17 heavy (non-hydrogen) atoms. The summed E-state index contributed by atoms with van der Waals surface area (Å²) in [4.78, 5) is 3.81. The minimum atomic E-state index is -3.90. The Kier molecular flexibility index (Phi) is 3.11. The van der Waals surface area contributed by atoms with Crippen LogP contribution in [0.3, 0.4) is 0 Å². The molecule has 2 rings (SSSR count). The van der Waals surface area contributed by atoms with Gasteiger partial charge in [-0.15, -0.1) is 0 Å². The molecule has 0 radical (unpaired) electrons. The standard InChI is InChI=1S/C9H7Cl2N3O2S/c1-5-6(3-2-4-7(5)10)8-12-9(14-13-8)17(11,15)16/h2-4H,1H3,(H,12,13,14). The van der Waals surface area contributed by atoms with E-state index in [4.69, 9.17) is 22.3 Å². The van der Waals surface area contributed by atoms with Gasteiger partial charge in [-0.05, 0) is 18.6 Å². The van der Waals surface area contributed by atoms with Gasteiger partial charge in [0.1, 0.15) is 0 Å². The number of aromatic amines is 1. The molecule has 0 saturated heterocycles. The summed E-state index contributed by atoms with van der Waals surface area (Å²) in [6.45, 7) is 1.79. The second-order valence-electron chi connectivity index (χ2n) is 3.31. The first kappa shape index (κ1) is 12.3. The second kappa shape index (κ2) is 4.29.